The molecule has 1 aromatic carbocycles. The Bertz CT molecular complexity index is 359. The molecule has 86 valence electrons. The van der Waals surface area contributed by atoms with Gasteiger partial charge in [-0.25, -0.2) is 4.79 Å². The van der Waals surface area contributed by atoms with Gasteiger partial charge in [-0.15, -0.1) is 0 Å². The second kappa shape index (κ2) is 6.02. The van der Waals surface area contributed by atoms with Gasteiger partial charge in [0.25, 0.3) is 0 Å². The Labute approximate surface area is 93.9 Å². The molecular weight excluding hydrogens is 208 g/mol. The number of benzene rings is 1. The quantitative estimate of drug-likeness (QED) is 0.745. The lowest BCUT2D eigenvalue weighted by molar-refractivity contribution is -0.149. The van der Waals surface area contributed by atoms with E-state index >= 15 is 0 Å². The highest BCUT2D eigenvalue weighted by Crippen LogP contribution is 2.21. The van der Waals surface area contributed by atoms with E-state index in [9.17, 15) is 9.59 Å². The fourth-order valence-electron chi connectivity index (χ4n) is 1.46. The average Bonchev–Trinajstić information content (AvgIpc) is 2.30. The van der Waals surface area contributed by atoms with Crippen molar-refractivity contribution in [1.29, 1.82) is 0 Å². The molecule has 0 amide bonds. The fourth-order valence-corrected chi connectivity index (χ4v) is 1.46. The number of aliphatic carboxylic acids is 1. The molecule has 1 atom stereocenters. The maximum Gasteiger partial charge on any atom is 0.372 e. The van der Waals surface area contributed by atoms with Crippen molar-refractivity contribution in [3.63, 3.8) is 0 Å². The van der Waals surface area contributed by atoms with Gasteiger partial charge in [-0.3, -0.25) is 4.79 Å². The van der Waals surface area contributed by atoms with Crippen molar-refractivity contribution >= 4 is 11.8 Å². The summed E-state index contributed by atoms with van der Waals surface area (Å²) in [5.74, 6) is -2.17. The molecule has 0 saturated heterocycles. The van der Waals surface area contributed by atoms with Crippen molar-refractivity contribution in [1.82, 2.24) is 0 Å². The number of Topliss-reactive ketones (excluding diaryl/α,β-unsaturated/α-hetero) is 1. The number of hydrogen-bond acceptors (Lipinski definition) is 3. The van der Waals surface area contributed by atoms with Gasteiger partial charge in [0.2, 0.25) is 5.78 Å². The first-order valence-electron chi connectivity index (χ1n) is 4.99. The Kier molecular flexibility index (Phi) is 4.66. The van der Waals surface area contributed by atoms with Gasteiger partial charge >= 0.3 is 5.97 Å². The van der Waals surface area contributed by atoms with E-state index in [4.69, 9.17) is 9.84 Å². The van der Waals surface area contributed by atoms with Crippen LogP contribution >= 0.6 is 0 Å². The third-order valence-corrected chi connectivity index (χ3v) is 2.33. The van der Waals surface area contributed by atoms with E-state index in [1.165, 1.54) is 0 Å². The molecule has 4 nitrogen and oxygen atoms in total. The van der Waals surface area contributed by atoms with E-state index < -0.39 is 11.8 Å². The number of methoxy groups -OCH3 is 1. The van der Waals surface area contributed by atoms with E-state index in [0.29, 0.717) is 6.42 Å². The molecule has 0 spiro atoms. The van der Waals surface area contributed by atoms with Crippen LogP contribution in [0.5, 0.6) is 0 Å². The van der Waals surface area contributed by atoms with Crippen molar-refractivity contribution < 1.29 is 19.4 Å². The highest BCUT2D eigenvalue weighted by molar-refractivity contribution is 6.32. The SMILES string of the molecule is COC(CCC(=O)C(=O)O)c1ccccc1. The Morgan fingerprint density at radius 2 is 1.94 bits per heavy atom. The minimum absolute atomic E-state index is 0.0112. The highest BCUT2D eigenvalue weighted by Gasteiger charge is 2.16. The van der Waals surface area contributed by atoms with Crippen molar-refractivity contribution in [3.05, 3.63) is 35.9 Å². The lowest BCUT2D eigenvalue weighted by Crippen LogP contribution is -2.14. The van der Waals surface area contributed by atoms with Crippen LogP contribution in [0, 0.1) is 0 Å². The van der Waals surface area contributed by atoms with Crippen LogP contribution in [0.25, 0.3) is 0 Å². The second-order valence-corrected chi connectivity index (χ2v) is 3.40. The van der Waals surface area contributed by atoms with E-state index in [2.05, 4.69) is 0 Å². The molecule has 1 rings (SSSR count). The third kappa shape index (κ3) is 3.47. The molecule has 16 heavy (non-hydrogen) atoms. The summed E-state index contributed by atoms with van der Waals surface area (Å²) in [6.07, 6.45) is 0.137. The smallest absolute Gasteiger partial charge is 0.372 e. The summed E-state index contributed by atoms with van der Waals surface area (Å²) in [6, 6.07) is 9.41. The molecule has 1 N–H and O–H groups in total. The number of carboxylic acid groups (broad SMARTS) is 1. The first-order chi connectivity index (χ1) is 7.65. The molecule has 1 aromatic rings. The average molecular weight is 222 g/mol. The number of hydrogen-bond donors (Lipinski definition) is 1. The number of carboxylic acids is 1. The largest absolute Gasteiger partial charge is 0.476 e. The molecule has 0 fully saturated rings. The molecule has 4 heteroatoms. The monoisotopic (exact) mass is 222 g/mol. The van der Waals surface area contributed by atoms with Crippen molar-refractivity contribution in [2.24, 2.45) is 0 Å². The fraction of sp³-hybridized carbons (Fsp3) is 0.333. The van der Waals surface area contributed by atoms with Gasteiger partial charge in [-0.2, -0.15) is 0 Å². The van der Waals surface area contributed by atoms with Crippen molar-refractivity contribution in [2.45, 2.75) is 18.9 Å². The van der Waals surface area contributed by atoms with Crippen LogP contribution in [-0.4, -0.2) is 24.0 Å². The Hall–Kier alpha value is -1.68. The topological polar surface area (TPSA) is 63.6 Å². The molecule has 0 bridgehead atoms. The predicted octanol–water partition coefficient (Wildman–Crippen LogP) is 1.81. The molecular formula is C12H14O4. The summed E-state index contributed by atoms with van der Waals surface area (Å²) in [5.41, 5.74) is 0.947. The maximum atomic E-state index is 10.9. The van der Waals surface area contributed by atoms with E-state index in [1.807, 2.05) is 30.3 Å². The molecule has 0 heterocycles. The summed E-state index contributed by atoms with van der Waals surface area (Å²) < 4.78 is 5.22. The van der Waals surface area contributed by atoms with E-state index in [1.54, 1.807) is 7.11 Å². The van der Waals surface area contributed by atoms with Crippen LogP contribution < -0.4 is 0 Å². The third-order valence-electron chi connectivity index (χ3n) is 2.33. The standard InChI is InChI=1S/C12H14O4/c1-16-11(8-7-10(13)12(14)15)9-5-3-2-4-6-9/h2-6,11H,7-8H2,1H3,(H,14,15). The number of carbonyl (C=O) groups excluding carboxylic acids is 1. The molecule has 1 unspecified atom stereocenters. The number of rotatable bonds is 6. The van der Waals surface area contributed by atoms with Gasteiger partial charge in [0.15, 0.2) is 0 Å². The molecule has 0 saturated carbocycles. The van der Waals surface area contributed by atoms with Crippen LogP contribution in [0.4, 0.5) is 0 Å². The summed E-state index contributed by atoms with van der Waals surface area (Å²) in [5, 5.41) is 8.45. The molecule has 0 radical (unpaired) electrons. The van der Waals surface area contributed by atoms with Gasteiger partial charge in [0.1, 0.15) is 0 Å². The number of carbonyl (C=O) groups is 2. The Morgan fingerprint density at radius 3 is 2.44 bits per heavy atom. The van der Waals surface area contributed by atoms with Crippen molar-refractivity contribution in [3.8, 4) is 0 Å². The van der Waals surface area contributed by atoms with E-state index in [-0.39, 0.29) is 12.5 Å². The minimum atomic E-state index is -1.39. The van der Waals surface area contributed by atoms with Crippen molar-refractivity contribution in [2.75, 3.05) is 7.11 Å². The molecule has 0 aliphatic rings. The lowest BCUT2D eigenvalue weighted by atomic mass is 10.0. The summed E-state index contributed by atoms with van der Waals surface area (Å²) in [6.45, 7) is 0. The zero-order chi connectivity index (χ0) is 12.0. The number of ketones is 1. The molecule has 0 aliphatic carbocycles. The second-order valence-electron chi connectivity index (χ2n) is 3.40. The molecule has 0 aliphatic heterocycles. The zero-order valence-corrected chi connectivity index (χ0v) is 9.05. The maximum absolute atomic E-state index is 10.9. The van der Waals surface area contributed by atoms with Crippen LogP contribution in [0.15, 0.2) is 30.3 Å². The predicted molar refractivity (Wildman–Crippen MR) is 58.1 cm³/mol. The van der Waals surface area contributed by atoms with E-state index in [0.717, 1.165) is 5.56 Å². The van der Waals surface area contributed by atoms with Crippen LogP contribution in [0.2, 0.25) is 0 Å². The van der Waals surface area contributed by atoms with Crippen LogP contribution in [0.1, 0.15) is 24.5 Å². The first kappa shape index (κ1) is 12.4. The Balaban J connectivity index is 2.57. The molecule has 0 aromatic heterocycles. The van der Waals surface area contributed by atoms with Crippen LogP contribution in [0.3, 0.4) is 0 Å². The Morgan fingerprint density at radius 1 is 1.31 bits per heavy atom. The van der Waals surface area contributed by atoms with Crippen LogP contribution in [-0.2, 0) is 14.3 Å². The number of ether oxygens (including phenoxy) is 1. The summed E-state index contributed by atoms with van der Waals surface area (Å²) >= 11 is 0. The zero-order valence-electron chi connectivity index (χ0n) is 9.05. The summed E-state index contributed by atoms with van der Waals surface area (Å²) in [4.78, 5) is 21.3. The lowest BCUT2D eigenvalue weighted by Gasteiger charge is -2.14. The van der Waals surface area contributed by atoms with Gasteiger partial charge in [-0.05, 0) is 12.0 Å². The normalized spacial score (nSPS) is 12.1. The van der Waals surface area contributed by atoms with Gasteiger partial charge in [0.05, 0.1) is 6.10 Å². The minimum Gasteiger partial charge on any atom is -0.476 e. The highest BCUT2D eigenvalue weighted by atomic mass is 16.5. The van der Waals surface area contributed by atoms with Gasteiger partial charge in [0, 0.05) is 13.5 Å². The van der Waals surface area contributed by atoms with Gasteiger partial charge in [-0.1, -0.05) is 30.3 Å². The summed E-state index contributed by atoms with van der Waals surface area (Å²) in [7, 11) is 1.54. The van der Waals surface area contributed by atoms with Gasteiger partial charge < -0.3 is 9.84 Å². The first-order valence-corrected chi connectivity index (χ1v) is 4.99.